The van der Waals surface area contributed by atoms with Gasteiger partial charge in [-0.1, -0.05) is 17.7 Å². The number of nitrogens with zero attached hydrogens (tertiary/aromatic N) is 4. The Hall–Kier alpha value is -5.68. The summed E-state index contributed by atoms with van der Waals surface area (Å²) < 4.78 is 12.6. The van der Waals surface area contributed by atoms with Gasteiger partial charge in [-0.3, -0.25) is 14.7 Å². The molecule has 0 radical (unpaired) electrons. The van der Waals surface area contributed by atoms with Gasteiger partial charge in [0.2, 0.25) is 0 Å². The third-order valence-corrected chi connectivity index (χ3v) is 6.73. The number of hydrogen-bond acceptors (Lipinski definition) is 6. The molecule has 0 N–H and O–H groups in total. The first kappa shape index (κ1) is 26.9. The molecule has 0 atom stereocenters. The van der Waals surface area contributed by atoms with Gasteiger partial charge in [-0.25, -0.2) is 4.99 Å². The van der Waals surface area contributed by atoms with Crippen LogP contribution in [0.2, 0.25) is 0 Å². The topological polar surface area (TPSA) is 103 Å². The van der Waals surface area contributed by atoms with Crippen LogP contribution in [0.4, 0.5) is 11.5 Å². The number of methoxy groups -OCH3 is 2. The van der Waals surface area contributed by atoms with Crippen molar-refractivity contribution in [3.63, 3.8) is 0 Å². The van der Waals surface area contributed by atoms with E-state index in [0.29, 0.717) is 28.3 Å². The van der Waals surface area contributed by atoms with E-state index < -0.39 is 4.92 Å². The number of non-ortho nitro benzene ring substituents is 1. The van der Waals surface area contributed by atoms with Crippen LogP contribution in [-0.4, -0.2) is 29.9 Å². The number of hydrogen-bond donors (Lipinski definition) is 0. The van der Waals surface area contributed by atoms with Gasteiger partial charge in [0.05, 0.1) is 24.8 Å². The zero-order chi connectivity index (χ0) is 28.9. The fourth-order valence-electron chi connectivity index (χ4n) is 4.61. The van der Waals surface area contributed by atoms with Crippen LogP contribution in [-0.2, 0) is 0 Å². The lowest BCUT2D eigenvalue weighted by molar-refractivity contribution is -0.384. The van der Waals surface area contributed by atoms with Gasteiger partial charge in [0.15, 0.2) is 5.82 Å². The third kappa shape index (κ3) is 5.42. The normalized spacial score (nSPS) is 10.9. The largest absolute Gasteiger partial charge is 0.497 e. The standard InChI is InChI=1S/C33H26N4O4/c1-22-4-12-26(13-5-22)36-32(25-10-18-29(41-3)19-11-25)31(24-8-14-27(15-9-24)37(38)39)30(20-34)33(36)35-21-23-6-16-28(40-2)17-7-23/h4-19,21H,1-3H3/b35-21+. The molecule has 0 saturated heterocycles. The number of aromatic nitrogens is 1. The Bertz CT molecular complexity index is 1760. The second-order valence-electron chi connectivity index (χ2n) is 9.27. The van der Waals surface area contributed by atoms with Gasteiger partial charge in [0.25, 0.3) is 5.69 Å². The maximum atomic E-state index is 11.4. The molecule has 0 spiro atoms. The molecule has 1 aromatic heterocycles. The first-order valence-electron chi connectivity index (χ1n) is 12.8. The lowest BCUT2D eigenvalue weighted by Crippen LogP contribution is -1.98. The van der Waals surface area contributed by atoms with Gasteiger partial charge < -0.3 is 9.47 Å². The van der Waals surface area contributed by atoms with Gasteiger partial charge in [-0.15, -0.1) is 0 Å². The second kappa shape index (κ2) is 11.6. The fourth-order valence-corrected chi connectivity index (χ4v) is 4.61. The van der Waals surface area contributed by atoms with E-state index in [-0.39, 0.29) is 5.69 Å². The van der Waals surface area contributed by atoms with Crippen LogP contribution in [0.15, 0.2) is 102 Å². The molecular formula is C33H26N4O4. The van der Waals surface area contributed by atoms with E-state index in [9.17, 15) is 15.4 Å². The summed E-state index contributed by atoms with van der Waals surface area (Å²) in [6.45, 7) is 2.01. The summed E-state index contributed by atoms with van der Waals surface area (Å²) in [5, 5.41) is 21.9. The van der Waals surface area contributed by atoms with E-state index in [1.807, 2.05) is 84.3 Å². The minimum atomic E-state index is -0.443. The molecule has 0 bridgehead atoms. The third-order valence-electron chi connectivity index (χ3n) is 6.73. The van der Waals surface area contributed by atoms with Crippen LogP contribution in [0.25, 0.3) is 28.1 Å². The average Bonchev–Trinajstić information content (AvgIpc) is 3.34. The van der Waals surface area contributed by atoms with Crippen molar-refractivity contribution >= 4 is 17.7 Å². The van der Waals surface area contributed by atoms with Gasteiger partial charge in [0.1, 0.15) is 23.1 Å². The van der Waals surface area contributed by atoms with Crippen molar-refractivity contribution in [2.24, 2.45) is 4.99 Å². The van der Waals surface area contributed by atoms with E-state index in [4.69, 9.17) is 14.5 Å². The Labute approximate surface area is 237 Å². The lowest BCUT2D eigenvalue weighted by atomic mass is 9.97. The van der Waals surface area contributed by atoms with Crippen LogP contribution in [0.3, 0.4) is 0 Å². The summed E-state index contributed by atoms with van der Waals surface area (Å²) in [6.07, 6.45) is 1.71. The van der Waals surface area contributed by atoms with Crippen molar-refractivity contribution in [1.82, 2.24) is 4.57 Å². The number of aryl methyl sites for hydroxylation is 1. The van der Waals surface area contributed by atoms with Crippen molar-refractivity contribution in [2.45, 2.75) is 6.92 Å². The van der Waals surface area contributed by atoms with Crippen LogP contribution in [0.5, 0.6) is 11.5 Å². The van der Waals surface area contributed by atoms with E-state index >= 15 is 0 Å². The number of nitro benzene ring substituents is 1. The number of nitro groups is 1. The maximum Gasteiger partial charge on any atom is 0.269 e. The minimum Gasteiger partial charge on any atom is -0.497 e. The molecule has 0 unspecified atom stereocenters. The molecule has 8 heteroatoms. The number of nitriles is 1. The van der Waals surface area contributed by atoms with Gasteiger partial charge >= 0.3 is 0 Å². The van der Waals surface area contributed by atoms with Crippen LogP contribution < -0.4 is 9.47 Å². The second-order valence-corrected chi connectivity index (χ2v) is 9.27. The van der Waals surface area contributed by atoms with E-state index in [0.717, 1.165) is 33.8 Å². The number of rotatable bonds is 8. The summed E-state index contributed by atoms with van der Waals surface area (Å²) in [5.41, 5.74) is 5.86. The Kier molecular flexibility index (Phi) is 7.61. The summed E-state index contributed by atoms with van der Waals surface area (Å²) in [7, 11) is 3.21. The maximum absolute atomic E-state index is 11.4. The summed E-state index contributed by atoms with van der Waals surface area (Å²) >= 11 is 0. The van der Waals surface area contributed by atoms with Crippen molar-refractivity contribution in [1.29, 1.82) is 5.26 Å². The molecule has 0 amide bonds. The van der Waals surface area contributed by atoms with E-state index in [1.165, 1.54) is 12.1 Å². The van der Waals surface area contributed by atoms with Crippen LogP contribution in [0.1, 0.15) is 16.7 Å². The molecule has 1 heterocycles. The molecule has 4 aromatic carbocycles. The first-order chi connectivity index (χ1) is 19.9. The van der Waals surface area contributed by atoms with Crippen molar-refractivity contribution in [2.75, 3.05) is 14.2 Å². The van der Waals surface area contributed by atoms with Crippen molar-refractivity contribution in [3.05, 3.63) is 124 Å². The molecule has 202 valence electrons. The van der Waals surface area contributed by atoms with Gasteiger partial charge in [-0.2, -0.15) is 5.26 Å². The van der Waals surface area contributed by atoms with Crippen LogP contribution >= 0.6 is 0 Å². The molecule has 0 aliphatic rings. The SMILES string of the molecule is COc1ccc(/C=N/c2c(C#N)c(-c3ccc([N+](=O)[O-])cc3)c(-c3ccc(OC)cc3)n2-c2ccc(C)cc2)cc1. The molecule has 0 aliphatic heterocycles. The Morgan fingerprint density at radius 3 is 1.93 bits per heavy atom. The van der Waals surface area contributed by atoms with Crippen molar-refractivity contribution < 1.29 is 14.4 Å². The van der Waals surface area contributed by atoms with Crippen molar-refractivity contribution in [3.8, 4) is 45.6 Å². The Morgan fingerprint density at radius 2 is 1.39 bits per heavy atom. The number of ether oxygens (including phenoxy) is 2. The highest BCUT2D eigenvalue weighted by Crippen LogP contribution is 2.45. The molecule has 0 saturated carbocycles. The average molecular weight is 543 g/mol. The predicted molar refractivity (Wildman–Crippen MR) is 160 cm³/mol. The Morgan fingerprint density at radius 1 is 0.829 bits per heavy atom. The quantitative estimate of drug-likeness (QED) is 0.114. The van der Waals surface area contributed by atoms with Gasteiger partial charge in [-0.05, 0) is 96.4 Å². The molecule has 0 aliphatic carbocycles. The molecule has 5 aromatic rings. The summed E-state index contributed by atoms with van der Waals surface area (Å²) in [4.78, 5) is 15.8. The number of aliphatic imine (C=N–C) groups is 1. The molecule has 8 nitrogen and oxygen atoms in total. The zero-order valence-electron chi connectivity index (χ0n) is 22.7. The van der Waals surface area contributed by atoms with E-state index in [2.05, 4.69) is 6.07 Å². The highest BCUT2D eigenvalue weighted by atomic mass is 16.6. The van der Waals surface area contributed by atoms with Gasteiger partial charge in [0, 0.05) is 29.6 Å². The lowest BCUT2D eigenvalue weighted by Gasteiger charge is -2.14. The predicted octanol–water partition coefficient (Wildman–Crippen LogP) is 7.67. The highest BCUT2D eigenvalue weighted by Gasteiger charge is 2.26. The zero-order valence-corrected chi connectivity index (χ0v) is 22.7. The number of benzene rings is 4. The molecular weight excluding hydrogens is 516 g/mol. The first-order valence-corrected chi connectivity index (χ1v) is 12.8. The smallest absolute Gasteiger partial charge is 0.269 e. The highest BCUT2D eigenvalue weighted by molar-refractivity contribution is 5.94. The monoisotopic (exact) mass is 542 g/mol. The Balaban J connectivity index is 1.83. The minimum absolute atomic E-state index is 0.0334. The fraction of sp³-hybridized carbons (Fsp3) is 0.0909. The summed E-state index contributed by atoms with van der Waals surface area (Å²) in [5.74, 6) is 1.86. The molecule has 5 rings (SSSR count). The van der Waals surface area contributed by atoms with Crippen LogP contribution in [0, 0.1) is 28.4 Å². The summed E-state index contributed by atoms with van der Waals surface area (Å²) in [6, 6.07) is 31.6. The molecule has 41 heavy (non-hydrogen) atoms. The van der Waals surface area contributed by atoms with E-state index in [1.54, 1.807) is 32.6 Å². The molecule has 0 fully saturated rings.